The number of phenols is 2. The second kappa shape index (κ2) is 2.94. The fourth-order valence-electron chi connectivity index (χ4n) is 0.770. The predicted octanol–water partition coefficient (Wildman–Crippen LogP) is 0.750. The largest absolute Gasteiger partial charge is 0.506 e. The van der Waals surface area contributed by atoms with E-state index < -0.39 is 10.9 Å². The average molecular weight is 185 g/mol. The summed E-state index contributed by atoms with van der Waals surface area (Å²) in [7, 11) is 0. The number of nitrogens with two attached hydrogens (primary N) is 1. The third kappa shape index (κ3) is 1.31. The van der Waals surface area contributed by atoms with Gasteiger partial charge in [0.25, 0.3) is 0 Å². The van der Waals surface area contributed by atoms with Gasteiger partial charge in [0.2, 0.25) is 5.12 Å². The first-order chi connectivity index (χ1) is 5.54. The van der Waals surface area contributed by atoms with E-state index in [0.717, 1.165) is 0 Å². The first kappa shape index (κ1) is 8.73. The molecule has 0 bridgehead atoms. The van der Waals surface area contributed by atoms with Gasteiger partial charge in [-0.3, -0.25) is 4.79 Å². The first-order valence-corrected chi connectivity index (χ1v) is 3.52. The summed E-state index contributed by atoms with van der Waals surface area (Å²) in [5.41, 5.74) is 5.00. The number of phenolic OH excluding ortho intramolecular Hbond substituents is 2. The maximum Gasteiger partial charge on any atom is 0.220 e. The van der Waals surface area contributed by atoms with Gasteiger partial charge in [-0.1, -0.05) is 0 Å². The number of nitrogen functional groups attached to an aromatic ring is 1. The molecule has 0 unspecified atom stereocenters. The van der Waals surface area contributed by atoms with Crippen LogP contribution in [0.1, 0.15) is 10.4 Å². The van der Waals surface area contributed by atoms with E-state index in [2.05, 4.69) is 12.6 Å². The van der Waals surface area contributed by atoms with E-state index in [0.29, 0.717) is 0 Å². The van der Waals surface area contributed by atoms with E-state index in [1.807, 2.05) is 0 Å². The Morgan fingerprint density at radius 3 is 2.50 bits per heavy atom. The standard InChI is InChI=1S/C7H7NO3S/c8-5-4(9)2-1-3(6(5)10)7(11)12/h1-2,9-10H,8H2,(H,11,12). The van der Waals surface area contributed by atoms with E-state index in [1.165, 1.54) is 12.1 Å². The smallest absolute Gasteiger partial charge is 0.220 e. The Balaban J connectivity index is 3.36. The number of anilines is 1. The van der Waals surface area contributed by atoms with Crippen molar-refractivity contribution in [3.8, 4) is 11.5 Å². The van der Waals surface area contributed by atoms with E-state index in [9.17, 15) is 9.90 Å². The van der Waals surface area contributed by atoms with Gasteiger partial charge in [0.05, 0.1) is 5.56 Å². The quantitative estimate of drug-likeness (QED) is 0.295. The highest BCUT2D eigenvalue weighted by atomic mass is 32.1. The molecule has 5 heteroatoms. The van der Waals surface area contributed by atoms with Gasteiger partial charge >= 0.3 is 0 Å². The third-order valence-electron chi connectivity index (χ3n) is 1.42. The van der Waals surface area contributed by atoms with Crippen LogP contribution in [0.2, 0.25) is 0 Å². The third-order valence-corrected chi connectivity index (χ3v) is 1.67. The normalized spacial score (nSPS) is 9.75. The Labute approximate surface area is 74.0 Å². The predicted molar refractivity (Wildman–Crippen MR) is 47.5 cm³/mol. The molecule has 0 saturated heterocycles. The zero-order valence-corrected chi connectivity index (χ0v) is 6.88. The second-order valence-electron chi connectivity index (χ2n) is 2.20. The van der Waals surface area contributed by atoms with Crippen molar-refractivity contribution in [2.45, 2.75) is 0 Å². The molecule has 12 heavy (non-hydrogen) atoms. The van der Waals surface area contributed by atoms with Crippen LogP contribution in [0.3, 0.4) is 0 Å². The molecule has 4 N–H and O–H groups in total. The summed E-state index contributed by atoms with van der Waals surface area (Å²) in [5, 5.41) is 17.6. The maximum absolute atomic E-state index is 10.7. The molecule has 0 radical (unpaired) electrons. The Kier molecular flexibility index (Phi) is 2.14. The minimum atomic E-state index is -0.598. The van der Waals surface area contributed by atoms with Gasteiger partial charge in [0.1, 0.15) is 11.4 Å². The monoisotopic (exact) mass is 185 g/mol. The fraction of sp³-hybridized carbons (Fsp3) is 0. The maximum atomic E-state index is 10.7. The van der Waals surface area contributed by atoms with Crippen LogP contribution in [0.4, 0.5) is 5.69 Å². The van der Waals surface area contributed by atoms with Gasteiger partial charge < -0.3 is 15.9 Å². The summed E-state index contributed by atoms with van der Waals surface area (Å²) in [6, 6.07) is 2.47. The second-order valence-corrected chi connectivity index (χ2v) is 2.61. The van der Waals surface area contributed by atoms with Gasteiger partial charge in [0, 0.05) is 0 Å². The number of thiol groups is 1. The number of rotatable bonds is 1. The minimum absolute atomic E-state index is 0.0198. The zero-order valence-electron chi connectivity index (χ0n) is 5.98. The number of benzene rings is 1. The summed E-state index contributed by atoms with van der Waals surface area (Å²) in [6.07, 6.45) is 0. The van der Waals surface area contributed by atoms with Crippen LogP contribution in [-0.4, -0.2) is 15.3 Å². The Morgan fingerprint density at radius 2 is 2.00 bits per heavy atom. The number of hydrogen-bond acceptors (Lipinski definition) is 4. The lowest BCUT2D eigenvalue weighted by Crippen LogP contribution is -1.94. The van der Waals surface area contributed by atoms with Crippen molar-refractivity contribution in [1.29, 1.82) is 0 Å². The van der Waals surface area contributed by atoms with Crippen LogP contribution in [0.5, 0.6) is 11.5 Å². The fourth-order valence-corrected chi connectivity index (χ4v) is 0.950. The molecule has 0 amide bonds. The molecule has 0 aliphatic carbocycles. The van der Waals surface area contributed by atoms with Crippen LogP contribution in [-0.2, 0) is 0 Å². The van der Waals surface area contributed by atoms with Crippen molar-refractivity contribution in [2.24, 2.45) is 0 Å². The Morgan fingerprint density at radius 1 is 1.42 bits per heavy atom. The average Bonchev–Trinajstić information content (AvgIpc) is 2.00. The molecule has 1 aromatic carbocycles. The SMILES string of the molecule is Nc1c(O)ccc(C(=O)S)c1O. The minimum Gasteiger partial charge on any atom is -0.506 e. The van der Waals surface area contributed by atoms with Gasteiger partial charge in [-0.25, -0.2) is 0 Å². The van der Waals surface area contributed by atoms with Crippen LogP contribution in [0.25, 0.3) is 0 Å². The highest BCUT2D eigenvalue weighted by molar-refractivity contribution is 7.97. The lowest BCUT2D eigenvalue weighted by molar-refractivity contribution is 0.108. The molecule has 0 aliphatic rings. The molecule has 0 spiro atoms. The molecule has 4 nitrogen and oxygen atoms in total. The number of aromatic hydroxyl groups is 2. The molecule has 0 atom stereocenters. The molecule has 64 valence electrons. The summed E-state index contributed by atoms with van der Waals surface area (Å²) in [5.74, 6) is -0.694. The van der Waals surface area contributed by atoms with Crippen LogP contribution >= 0.6 is 12.6 Å². The molecule has 0 fully saturated rings. The van der Waals surface area contributed by atoms with Crippen LogP contribution in [0, 0.1) is 0 Å². The van der Waals surface area contributed by atoms with Gasteiger partial charge in [0.15, 0.2) is 5.75 Å². The molecule has 0 heterocycles. The van der Waals surface area contributed by atoms with Crippen molar-refractivity contribution in [3.63, 3.8) is 0 Å². The summed E-state index contributed by atoms with van der Waals surface area (Å²) in [4.78, 5) is 10.7. The van der Waals surface area contributed by atoms with Gasteiger partial charge in [-0.15, -0.1) is 12.6 Å². The molecule has 1 aromatic rings. The van der Waals surface area contributed by atoms with Crippen molar-refractivity contribution in [3.05, 3.63) is 17.7 Å². The topological polar surface area (TPSA) is 83.5 Å². The van der Waals surface area contributed by atoms with Gasteiger partial charge in [-0.05, 0) is 12.1 Å². The van der Waals surface area contributed by atoms with E-state index in [1.54, 1.807) is 0 Å². The highest BCUT2D eigenvalue weighted by Gasteiger charge is 2.12. The van der Waals surface area contributed by atoms with Gasteiger partial charge in [-0.2, -0.15) is 0 Å². The molecule has 0 saturated carbocycles. The molecule has 0 aliphatic heterocycles. The highest BCUT2D eigenvalue weighted by Crippen LogP contribution is 2.33. The molecule has 0 aromatic heterocycles. The first-order valence-electron chi connectivity index (χ1n) is 3.07. The summed E-state index contributed by atoms with van der Waals surface area (Å²) < 4.78 is 0. The summed E-state index contributed by atoms with van der Waals surface area (Å²) >= 11 is 3.50. The number of hydrogen-bond donors (Lipinski definition) is 4. The lowest BCUT2D eigenvalue weighted by atomic mass is 10.2. The number of carbonyl (C=O) groups excluding carboxylic acids is 1. The molecule has 1 rings (SSSR count). The van der Waals surface area contributed by atoms with E-state index in [-0.39, 0.29) is 17.0 Å². The van der Waals surface area contributed by atoms with Crippen molar-refractivity contribution < 1.29 is 15.0 Å². The molecular weight excluding hydrogens is 178 g/mol. The van der Waals surface area contributed by atoms with Crippen LogP contribution in [0.15, 0.2) is 12.1 Å². The van der Waals surface area contributed by atoms with Crippen LogP contribution < -0.4 is 5.73 Å². The summed E-state index contributed by atoms with van der Waals surface area (Å²) in [6.45, 7) is 0. The lowest BCUT2D eigenvalue weighted by Gasteiger charge is -2.04. The Bertz CT molecular complexity index is 338. The molecular formula is C7H7NO3S. The number of carbonyl (C=O) groups is 1. The van der Waals surface area contributed by atoms with Crippen molar-refractivity contribution >= 4 is 23.4 Å². The Hall–Kier alpha value is -1.36. The van der Waals surface area contributed by atoms with E-state index >= 15 is 0 Å². The van der Waals surface area contributed by atoms with Crippen molar-refractivity contribution in [1.82, 2.24) is 0 Å². The van der Waals surface area contributed by atoms with E-state index in [4.69, 9.17) is 10.8 Å². The zero-order chi connectivity index (χ0) is 9.30. The van der Waals surface area contributed by atoms with Crippen molar-refractivity contribution in [2.75, 3.05) is 5.73 Å².